The number of rotatable bonds is 7. The molecule has 0 saturated heterocycles. The quantitative estimate of drug-likeness (QED) is 0.636. The van der Waals surface area contributed by atoms with Crippen LogP contribution in [0.2, 0.25) is 0 Å². The monoisotopic (exact) mass is 421 g/mol. The Balaban J connectivity index is 0.00000300. The van der Waals surface area contributed by atoms with Crippen LogP contribution >= 0.6 is 12.4 Å². The Labute approximate surface area is 176 Å². The summed E-state index contributed by atoms with van der Waals surface area (Å²) in [4.78, 5) is 24.6. The van der Waals surface area contributed by atoms with Crippen molar-refractivity contribution < 1.29 is 18.7 Å². The predicted molar refractivity (Wildman–Crippen MR) is 113 cm³/mol. The van der Waals surface area contributed by atoms with Crippen LogP contribution in [0.5, 0.6) is 0 Å². The lowest BCUT2D eigenvalue weighted by molar-refractivity contribution is -0.170. The van der Waals surface area contributed by atoms with Crippen LogP contribution in [0.25, 0.3) is 0 Å². The molecule has 1 aliphatic rings. The van der Waals surface area contributed by atoms with Crippen molar-refractivity contribution in [2.24, 2.45) is 11.1 Å². The van der Waals surface area contributed by atoms with E-state index in [4.69, 9.17) is 14.9 Å². The number of furan rings is 1. The van der Waals surface area contributed by atoms with Gasteiger partial charge in [0.15, 0.2) is 5.76 Å². The lowest BCUT2D eigenvalue weighted by atomic mass is 9.54. The third-order valence-electron chi connectivity index (χ3n) is 5.64. The van der Waals surface area contributed by atoms with Gasteiger partial charge < -0.3 is 25.5 Å². The van der Waals surface area contributed by atoms with Gasteiger partial charge in [0.1, 0.15) is 5.54 Å². The number of carbonyl (C=O) groups excluding carboxylic acids is 2. The second kappa shape index (κ2) is 8.98. The smallest absolute Gasteiger partial charge is 0.291 e. The van der Waals surface area contributed by atoms with Gasteiger partial charge in [-0.15, -0.1) is 12.4 Å². The van der Waals surface area contributed by atoms with Crippen molar-refractivity contribution in [2.75, 3.05) is 11.9 Å². The molecule has 158 valence electrons. The number of halogens is 1. The largest absolute Gasteiger partial charge is 0.459 e. The summed E-state index contributed by atoms with van der Waals surface area (Å²) in [5.74, 6) is -0.242. The number of ether oxygens (including phenoxy) is 1. The zero-order valence-electron chi connectivity index (χ0n) is 16.9. The highest BCUT2D eigenvalue weighted by atomic mass is 35.5. The van der Waals surface area contributed by atoms with Gasteiger partial charge in [0.25, 0.3) is 5.91 Å². The molecular formula is C21H28ClN3O4. The summed E-state index contributed by atoms with van der Waals surface area (Å²) < 4.78 is 10.7. The van der Waals surface area contributed by atoms with Crippen LogP contribution in [-0.2, 0) is 16.1 Å². The van der Waals surface area contributed by atoms with E-state index in [0.717, 1.165) is 5.56 Å². The molecule has 2 aromatic rings. The summed E-state index contributed by atoms with van der Waals surface area (Å²) in [5.41, 5.74) is 6.58. The topological polar surface area (TPSA) is 107 Å². The maximum Gasteiger partial charge on any atom is 0.291 e. The van der Waals surface area contributed by atoms with Crippen molar-refractivity contribution in [2.45, 2.75) is 45.4 Å². The van der Waals surface area contributed by atoms with E-state index in [1.54, 1.807) is 24.3 Å². The highest BCUT2D eigenvalue weighted by molar-refractivity contribution is 6.02. The van der Waals surface area contributed by atoms with E-state index in [9.17, 15) is 9.59 Å². The minimum atomic E-state index is -0.941. The van der Waals surface area contributed by atoms with Crippen LogP contribution in [0.3, 0.4) is 0 Å². The summed E-state index contributed by atoms with van der Waals surface area (Å²) in [6.07, 6.45) is 1.95. The summed E-state index contributed by atoms with van der Waals surface area (Å²) in [6, 6.07) is 10.5. The standard InChI is InChI=1S/C21H27N3O4.ClH/c1-4-27-17-12-21(22,20(17,2)3)19(26)23-13-14-7-9-15(10-8-14)24-18(25)16-6-5-11-28-16;/h5-11,17H,4,12-13,22H2,1-3H3,(H,23,26)(H,24,25);1H. The molecule has 1 fully saturated rings. The van der Waals surface area contributed by atoms with Crippen LogP contribution < -0.4 is 16.4 Å². The summed E-state index contributed by atoms with van der Waals surface area (Å²) in [5, 5.41) is 5.67. The Kier molecular flexibility index (Phi) is 7.11. The fourth-order valence-corrected chi connectivity index (χ4v) is 3.47. The zero-order chi connectivity index (χ0) is 20.4. The molecule has 0 bridgehead atoms. The van der Waals surface area contributed by atoms with E-state index in [1.807, 2.05) is 32.9 Å². The number of hydrogen-bond donors (Lipinski definition) is 3. The average molecular weight is 422 g/mol. The first kappa shape index (κ1) is 22.9. The first-order chi connectivity index (χ1) is 13.3. The lowest BCUT2D eigenvalue weighted by Crippen LogP contribution is -2.75. The molecule has 0 aliphatic heterocycles. The minimum Gasteiger partial charge on any atom is -0.459 e. The van der Waals surface area contributed by atoms with Crippen molar-refractivity contribution in [3.8, 4) is 0 Å². The van der Waals surface area contributed by atoms with Crippen LogP contribution in [0, 0.1) is 5.41 Å². The van der Waals surface area contributed by atoms with E-state index in [1.165, 1.54) is 6.26 Å². The second-order valence-electron chi connectivity index (χ2n) is 7.65. The first-order valence-electron chi connectivity index (χ1n) is 9.40. The molecule has 3 rings (SSSR count). The molecule has 1 aromatic heterocycles. The molecule has 1 aromatic carbocycles. The van der Waals surface area contributed by atoms with E-state index in [-0.39, 0.29) is 36.1 Å². The number of nitrogens with one attached hydrogen (secondary N) is 2. The third kappa shape index (κ3) is 4.47. The van der Waals surface area contributed by atoms with Crippen LogP contribution in [0.4, 0.5) is 5.69 Å². The Morgan fingerprint density at radius 2 is 1.93 bits per heavy atom. The summed E-state index contributed by atoms with van der Waals surface area (Å²) >= 11 is 0. The molecule has 0 radical (unpaired) electrons. The number of anilines is 1. The molecule has 4 N–H and O–H groups in total. The number of nitrogens with two attached hydrogens (primary N) is 1. The van der Waals surface area contributed by atoms with E-state index >= 15 is 0 Å². The average Bonchev–Trinajstić information content (AvgIpc) is 3.22. The molecule has 1 aliphatic carbocycles. The van der Waals surface area contributed by atoms with Gasteiger partial charge >= 0.3 is 0 Å². The van der Waals surface area contributed by atoms with E-state index in [2.05, 4.69) is 10.6 Å². The van der Waals surface area contributed by atoms with Crippen LogP contribution in [-0.4, -0.2) is 30.1 Å². The third-order valence-corrected chi connectivity index (χ3v) is 5.64. The van der Waals surface area contributed by atoms with Gasteiger partial charge in [-0.1, -0.05) is 26.0 Å². The first-order valence-corrected chi connectivity index (χ1v) is 9.40. The van der Waals surface area contributed by atoms with Crippen molar-refractivity contribution in [3.63, 3.8) is 0 Å². The molecule has 8 heteroatoms. The molecule has 1 saturated carbocycles. The minimum absolute atomic E-state index is 0. The number of carbonyl (C=O) groups is 2. The Morgan fingerprint density at radius 1 is 1.24 bits per heavy atom. The summed E-state index contributed by atoms with van der Waals surface area (Å²) in [6.45, 7) is 6.83. The molecule has 0 spiro atoms. The van der Waals surface area contributed by atoms with Crippen molar-refractivity contribution in [3.05, 3.63) is 54.0 Å². The highest BCUT2D eigenvalue weighted by Crippen LogP contribution is 2.49. The molecular weight excluding hydrogens is 394 g/mol. The Hall–Kier alpha value is -2.35. The van der Waals surface area contributed by atoms with Crippen LogP contribution in [0.1, 0.15) is 43.3 Å². The Bertz CT molecular complexity index is 836. The van der Waals surface area contributed by atoms with Crippen molar-refractivity contribution in [1.29, 1.82) is 0 Å². The SMILES string of the molecule is CCOC1CC(N)(C(=O)NCc2ccc(NC(=O)c3ccco3)cc2)C1(C)C.Cl. The number of amides is 2. The lowest BCUT2D eigenvalue weighted by Gasteiger charge is -2.57. The van der Waals surface area contributed by atoms with Gasteiger partial charge in [-0.2, -0.15) is 0 Å². The molecule has 1 heterocycles. The normalized spacial score (nSPS) is 22.1. The van der Waals surface area contributed by atoms with Gasteiger partial charge in [-0.25, -0.2) is 0 Å². The summed E-state index contributed by atoms with van der Waals surface area (Å²) in [7, 11) is 0. The van der Waals surface area contributed by atoms with Gasteiger partial charge in [-0.05, 0) is 36.8 Å². The predicted octanol–water partition coefficient (Wildman–Crippen LogP) is 3.10. The molecule has 2 atom stereocenters. The van der Waals surface area contributed by atoms with Crippen molar-refractivity contribution >= 4 is 29.9 Å². The number of benzene rings is 1. The zero-order valence-corrected chi connectivity index (χ0v) is 17.7. The van der Waals surface area contributed by atoms with Crippen LogP contribution in [0.15, 0.2) is 47.1 Å². The van der Waals surface area contributed by atoms with Gasteiger partial charge in [0.2, 0.25) is 5.91 Å². The maximum absolute atomic E-state index is 12.7. The maximum atomic E-state index is 12.7. The van der Waals surface area contributed by atoms with Gasteiger partial charge in [0, 0.05) is 30.7 Å². The second-order valence-corrected chi connectivity index (χ2v) is 7.65. The Morgan fingerprint density at radius 3 is 2.48 bits per heavy atom. The van der Waals surface area contributed by atoms with E-state index in [0.29, 0.717) is 25.3 Å². The number of hydrogen-bond acceptors (Lipinski definition) is 5. The highest BCUT2D eigenvalue weighted by Gasteiger charge is 2.62. The van der Waals surface area contributed by atoms with Gasteiger partial charge in [0.05, 0.1) is 12.4 Å². The van der Waals surface area contributed by atoms with E-state index < -0.39 is 11.0 Å². The molecule has 29 heavy (non-hydrogen) atoms. The molecule has 2 amide bonds. The molecule has 2 unspecified atom stereocenters. The fourth-order valence-electron chi connectivity index (χ4n) is 3.47. The van der Waals surface area contributed by atoms with Gasteiger partial charge in [-0.3, -0.25) is 9.59 Å². The molecule has 7 nitrogen and oxygen atoms in total. The fraction of sp³-hybridized carbons (Fsp3) is 0.429. The van der Waals surface area contributed by atoms with Crippen molar-refractivity contribution in [1.82, 2.24) is 5.32 Å².